The lowest BCUT2D eigenvalue weighted by molar-refractivity contribution is -0.134. The average molecular weight is 368 g/mol. The maximum atomic E-state index is 12.2. The molecular weight excluding hydrogens is 350 g/mol. The molecule has 0 aliphatic heterocycles. The van der Waals surface area contributed by atoms with Crippen molar-refractivity contribution in [1.29, 1.82) is 0 Å². The highest BCUT2D eigenvalue weighted by Gasteiger charge is 2.18. The third kappa shape index (κ3) is 4.72. The molecule has 0 radical (unpaired) electrons. The van der Waals surface area contributed by atoms with Crippen molar-refractivity contribution in [2.45, 2.75) is 20.4 Å². The monoisotopic (exact) mass is 367 g/mol. The van der Waals surface area contributed by atoms with Crippen molar-refractivity contribution < 1.29 is 19.4 Å². The Bertz CT molecular complexity index is 744. The number of aryl methyl sites for hydroxylation is 1. The van der Waals surface area contributed by atoms with E-state index in [0.717, 1.165) is 10.4 Å². The minimum atomic E-state index is -0.726. The normalized spacial score (nSPS) is 10.5. The van der Waals surface area contributed by atoms with E-state index in [9.17, 15) is 14.7 Å². The number of halogens is 1. The standard InChI is InChI=1S/C17H18ClNO4S/c1-3-19(9-12-5-7-15(18)24-12)16(21)10-23-17(22)13-6-4-11(2)8-14(13)20/h4-8,20H,3,9-10H2,1-2H3. The topological polar surface area (TPSA) is 66.8 Å². The number of hydrogen-bond donors (Lipinski definition) is 1. The smallest absolute Gasteiger partial charge is 0.342 e. The number of phenolic OH excluding ortho intramolecular Hbond substituents is 1. The number of nitrogens with zero attached hydrogens (tertiary/aromatic N) is 1. The van der Waals surface area contributed by atoms with E-state index in [-0.39, 0.29) is 23.8 Å². The Kier molecular flexibility index (Phi) is 6.23. The molecule has 0 aliphatic rings. The van der Waals surface area contributed by atoms with E-state index in [1.54, 1.807) is 24.0 Å². The van der Waals surface area contributed by atoms with E-state index in [1.807, 2.05) is 13.0 Å². The predicted octanol–water partition coefficient (Wildman–Crippen LogP) is 3.62. The Labute approximate surface area is 149 Å². The third-order valence-corrected chi connectivity index (χ3v) is 4.63. The van der Waals surface area contributed by atoms with Gasteiger partial charge in [-0.15, -0.1) is 11.3 Å². The second kappa shape index (κ2) is 8.17. The van der Waals surface area contributed by atoms with Gasteiger partial charge in [0.1, 0.15) is 11.3 Å². The van der Waals surface area contributed by atoms with Gasteiger partial charge < -0.3 is 14.7 Å². The summed E-state index contributed by atoms with van der Waals surface area (Å²) in [5.74, 6) is -1.19. The van der Waals surface area contributed by atoms with E-state index < -0.39 is 5.97 Å². The van der Waals surface area contributed by atoms with Gasteiger partial charge in [0, 0.05) is 11.4 Å². The fraction of sp³-hybridized carbons (Fsp3) is 0.294. The van der Waals surface area contributed by atoms with Crippen LogP contribution in [0.4, 0.5) is 0 Å². The number of likely N-dealkylation sites (N-methyl/N-ethyl adjacent to an activating group) is 1. The fourth-order valence-electron chi connectivity index (χ4n) is 2.11. The van der Waals surface area contributed by atoms with Crippen LogP contribution in [0.1, 0.15) is 27.7 Å². The van der Waals surface area contributed by atoms with Crippen LogP contribution in [0.2, 0.25) is 4.34 Å². The summed E-state index contributed by atoms with van der Waals surface area (Å²) in [5, 5.41) is 9.77. The number of aromatic hydroxyl groups is 1. The summed E-state index contributed by atoms with van der Waals surface area (Å²) in [5.41, 5.74) is 0.869. The van der Waals surface area contributed by atoms with Gasteiger partial charge in [-0.05, 0) is 43.7 Å². The fourth-order valence-corrected chi connectivity index (χ4v) is 3.22. The van der Waals surface area contributed by atoms with Gasteiger partial charge in [0.2, 0.25) is 0 Å². The lowest BCUT2D eigenvalue weighted by Gasteiger charge is -2.20. The zero-order valence-electron chi connectivity index (χ0n) is 13.4. The maximum Gasteiger partial charge on any atom is 0.342 e. The van der Waals surface area contributed by atoms with Crippen molar-refractivity contribution in [3.8, 4) is 5.75 Å². The minimum Gasteiger partial charge on any atom is -0.507 e. The van der Waals surface area contributed by atoms with Crippen LogP contribution >= 0.6 is 22.9 Å². The Morgan fingerprint density at radius 2 is 2.04 bits per heavy atom. The van der Waals surface area contributed by atoms with Gasteiger partial charge in [-0.25, -0.2) is 4.79 Å². The highest BCUT2D eigenvalue weighted by atomic mass is 35.5. The van der Waals surface area contributed by atoms with E-state index in [4.69, 9.17) is 16.3 Å². The number of benzene rings is 1. The molecule has 1 N–H and O–H groups in total. The molecule has 1 aromatic heterocycles. The maximum absolute atomic E-state index is 12.2. The summed E-state index contributed by atoms with van der Waals surface area (Å²) in [7, 11) is 0. The van der Waals surface area contributed by atoms with E-state index >= 15 is 0 Å². The lowest BCUT2D eigenvalue weighted by atomic mass is 10.1. The molecule has 1 amide bonds. The van der Waals surface area contributed by atoms with Crippen LogP contribution < -0.4 is 0 Å². The molecule has 0 bridgehead atoms. The zero-order valence-corrected chi connectivity index (χ0v) is 15.0. The van der Waals surface area contributed by atoms with Crippen LogP contribution in [0.15, 0.2) is 30.3 Å². The molecule has 24 heavy (non-hydrogen) atoms. The predicted molar refractivity (Wildman–Crippen MR) is 93.5 cm³/mol. The first-order chi connectivity index (χ1) is 11.4. The van der Waals surface area contributed by atoms with E-state index in [2.05, 4.69) is 0 Å². The molecule has 0 unspecified atom stereocenters. The van der Waals surface area contributed by atoms with Gasteiger partial charge in [-0.1, -0.05) is 17.7 Å². The van der Waals surface area contributed by atoms with Gasteiger partial charge in [0.05, 0.1) is 10.9 Å². The van der Waals surface area contributed by atoms with Crippen molar-refractivity contribution in [3.05, 3.63) is 50.7 Å². The van der Waals surface area contributed by atoms with Crippen LogP contribution in [0.5, 0.6) is 5.75 Å². The largest absolute Gasteiger partial charge is 0.507 e. The quantitative estimate of drug-likeness (QED) is 0.792. The number of amides is 1. The molecule has 1 aromatic carbocycles. The van der Waals surface area contributed by atoms with Gasteiger partial charge in [-0.2, -0.15) is 0 Å². The molecule has 0 atom stereocenters. The molecule has 2 aromatic rings. The van der Waals surface area contributed by atoms with Crippen LogP contribution in [-0.4, -0.2) is 35.0 Å². The van der Waals surface area contributed by atoms with Crippen LogP contribution in [0.3, 0.4) is 0 Å². The Morgan fingerprint density at radius 1 is 1.29 bits per heavy atom. The highest BCUT2D eigenvalue weighted by Crippen LogP contribution is 2.23. The second-order valence-corrected chi connectivity index (χ2v) is 7.01. The summed E-state index contributed by atoms with van der Waals surface area (Å²) in [4.78, 5) is 26.7. The third-order valence-electron chi connectivity index (χ3n) is 3.41. The number of carbonyl (C=O) groups excluding carboxylic acids is 2. The molecule has 0 fully saturated rings. The summed E-state index contributed by atoms with van der Waals surface area (Å²) >= 11 is 7.29. The zero-order chi connectivity index (χ0) is 17.7. The number of phenols is 1. The van der Waals surface area contributed by atoms with Crippen molar-refractivity contribution in [3.63, 3.8) is 0 Å². The summed E-state index contributed by atoms with van der Waals surface area (Å²) < 4.78 is 5.69. The molecule has 2 rings (SSSR count). The molecule has 5 nitrogen and oxygen atoms in total. The van der Waals surface area contributed by atoms with Crippen molar-refractivity contribution >= 4 is 34.8 Å². The lowest BCUT2D eigenvalue weighted by Crippen LogP contribution is -2.33. The summed E-state index contributed by atoms with van der Waals surface area (Å²) in [6.07, 6.45) is 0. The summed E-state index contributed by atoms with van der Waals surface area (Å²) in [6, 6.07) is 8.27. The van der Waals surface area contributed by atoms with Crippen molar-refractivity contribution in [2.75, 3.05) is 13.2 Å². The molecule has 128 valence electrons. The molecule has 0 aliphatic carbocycles. The molecule has 0 saturated carbocycles. The van der Waals surface area contributed by atoms with Gasteiger partial charge in [0.15, 0.2) is 6.61 Å². The van der Waals surface area contributed by atoms with E-state index in [0.29, 0.717) is 17.4 Å². The molecular formula is C17H18ClNO4S. The SMILES string of the molecule is CCN(Cc1ccc(Cl)s1)C(=O)COC(=O)c1ccc(C)cc1O. The Balaban J connectivity index is 1.94. The van der Waals surface area contributed by atoms with Gasteiger partial charge in [0.25, 0.3) is 5.91 Å². The Morgan fingerprint density at radius 3 is 2.62 bits per heavy atom. The van der Waals surface area contributed by atoms with Crippen LogP contribution in [0, 0.1) is 6.92 Å². The van der Waals surface area contributed by atoms with Gasteiger partial charge >= 0.3 is 5.97 Å². The van der Waals surface area contributed by atoms with Gasteiger partial charge in [-0.3, -0.25) is 4.79 Å². The first-order valence-corrected chi connectivity index (χ1v) is 8.59. The van der Waals surface area contributed by atoms with Crippen molar-refractivity contribution in [2.24, 2.45) is 0 Å². The molecule has 1 heterocycles. The number of ether oxygens (including phenoxy) is 1. The number of carbonyl (C=O) groups is 2. The highest BCUT2D eigenvalue weighted by molar-refractivity contribution is 7.16. The summed E-state index contributed by atoms with van der Waals surface area (Å²) in [6.45, 7) is 4.18. The van der Waals surface area contributed by atoms with Crippen molar-refractivity contribution in [1.82, 2.24) is 4.90 Å². The number of hydrogen-bond acceptors (Lipinski definition) is 5. The Hall–Kier alpha value is -2.05. The number of rotatable bonds is 6. The number of thiophene rings is 1. The number of esters is 1. The molecule has 0 spiro atoms. The van der Waals surface area contributed by atoms with Crippen LogP contribution in [0.25, 0.3) is 0 Å². The van der Waals surface area contributed by atoms with Crippen LogP contribution in [-0.2, 0) is 16.1 Å². The average Bonchev–Trinajstić information content (AvgIpc) is 2.95. The first kappa shape index (κ1) is 18.3. The second-order valence-electron chi connectivity index (χ2n) is 5.21. The minimum absolute atomic E-state index is 0.0430. The first-order valence-electron chi connectivity index (χ1n) is 7.39. The molecule has 0 saturated heterocycles. The van der Waals surface area contributed by atoms with E-state index in [1.165, 1.54) is 23.5 Å². The molecule has 7 heteroatoms.